The molecule has 0 bridgehead atoms. The lowest BCUT2D eigenvalue weighted by molar-refractivity contribution is 0.381. The maximum atomic E-state index is 19.1. The molecule has 0 N–H and O–H groups in total. The fourth-order valence-electron chi connectivity index (χ4n) is 12.1. The fraction of sp³-hybridized carbons (Fsp3) is 0.526. The number of methoxy groups -OCH3 is 8. The van der Waals surface area contributed by atoms with E-state index in [9.17, 15) is 0 Å². The van der Waals surface area contributed by atoms with Crippen molar-refractivity contribution < 1.29 is 47.0 Å². The highest BCUT2D eigenvalue weighted by atomic mass is 31.2. The first kappa shape index (κ1) is 71.3. The summed E-state index contributed by atoms with van der Waals surface area (Å²) in [6.07, 6.45) is 0. The highest BCUT2D eigenvalue weighted by Gasteiger charge is 2.46. The van der Waals surface area contributed by atoms with Gasteiger partial charge in [-0.3, -0.25) is 0 Å². The molecule has 0 saturated heterocycles. The van der Waals surface area contributed by atoms with Gasteiger partial charge in [0, 0.05) is 99.6 Å². The van der Waals surface area contributed by atoms with Crippen LogP contribution in [0.2, 0.25) is 0 Å². The molecule has 6 rings (SSSR count). The molecule has 0 aliphatic heterocycles. The maximum absolute atomic E-state index is 19.1. The Labute approximate surface area is 531 Å². The van der Waals surface area contributed by atoms with Crippen LogP contribution in [0.1, 0.15) is 211 Å². The zero-order valence-electron chi connectivity index (χ0n) is 59.9. The summed E-state index contributed by atoms with van der Waals surface area (Å²) < 4.78 is 90.1. The summed E-state index contributed by atoms with van der Waals surface area (Å²) in [5.41, 5.74) is 3.87. The number of ether oxygens (including phenoxy) is 8. The Balaban J connectivity index is 2.16. The molecule has 0 heterocycles. The molecule has 6 aromatic rings. The molecule has 0 radical (unpaired) electrons. The van der Waals surface area contributed by atoms with E-state index in [2.05, 4.69) is 215 Å². The topological polar surface area (TPSA) is 108 Å². The van der Waals surface area contributed by atoms with Crippen LogP contribution in [0.15, 0.2) is 72.8 Å². The zero-order chi connectivity index (χ0) is 67.0. The molecule has 6 aromatic carbocycles. The van der Waals surface area contributed by atoms with Gasteiger partial charge in [-0.1, -0.05) is 166 Å². The van der Waals surface area contributed by atoms with Crippen LogP contribution in [-0.4, -0.2) is 56.9 Å². The standard InChI is InChI=1S/C76H108O10P2/c1-69(2,3)51-37-47(38-52(65(51)83-29)70(4,5)6)87(77,48-39-53(71(7,8)9)66(84-30)54(40-48)72(10,11)12)61-35-45(79-25)33-59(81-27)63(61)64-60(82-28)34-46(80-26)36-62(64)88(78,49-41-55(73(13,14)15)67(85-31)56(42-49)74(16,17)18)50-43-57(75(19,20)21)68(86-32)58(44-50)76(22,23)24/h33-44H,1-32H3. The monoisotopic (exact) mass is 1240 g/mol. The summed E-state index contributed by atoms with van der Waals surface area (Å²) in [6.45, 7) is 51.8. The quantitative estimate of drug-likeness (QED) is 0.0923. The van der Waals surface area contributed by atoms with Gasteiger partial charge in [-0.25, -0.2) is 0 Å². The van der Waals surface area contributed by atoms with Crippen molar-refractivity contribution in [3.63, 3.8) is 0 Å². The minimum atomic E-state index is -4.39. The second-order valence-corrected chi connectivity index (χ2v) is 37.4. The molecule has 88 heavy (non-hydrogen) atoms. The van der Waals surface area contributed by atoms with Gasteiger partial charge in [-0.2, -0.15) is 0 Å². The van der Waals surface area contributed by atoms with E-state index < -0.39 is 57.6 Å². The molecule has 0 unspecified atom stereocenters. The Morgan fingerprint density at radius 2 is 0.409 bits per heavy atom. The summed E-state index contributed by atoms with van der Waals surface area (Å²) in [7, 11) is 4.49. The number of hydrogen-bond acceptors (Lipinski definition) is 10. The summed E-state index contributed by atoms with van der Waals surface area (Å²) in [5.74, 6) is 4.33. The Morgan fingerprint density at radius 3 is 0.534 bits per heavy atom. The van der Waals surface area contributed by atoms with E-state index in [-0.39, 0.29) is 0 Å². The summed E-state index contributed by atoms with van der Waals surface area (Å²) in [6, 6.07) is 24.1. The zero-order valence-corrected chi connectivity index (χ0v) is 61.7. The molecule has 0 saturated carbocycles. The minimum Gasteiger partial charge on any atom is -0.497 e. The molecule has 0 atom stereocenters. The SMILES string of the molecule is COc1cc(OC)c(-c2c(OC)cc(OC)cc2P(=O)(c2cc(C(C)(C)C)c(OC)c(C(C)(C)C)c2)c2cc(C(C)(C)C)c(OC)c(C(C)(C)C)c2)c(P(=O)(c2cc(C(C)(C)C)c(OC)c(C(C)(C)C)c2)c2cc(C(C)(C)C)c(OC)c(C(C)(C)C)c2)c1. The molecule has 0 aliphatic carbocycles. The first-order valence-electron chi connectivity index (χ1n) is 30.8. The first-order chi connectivity index (χ1) is 40.1. The van der Waals surface area contributed by atoms with E-state index in [1.165, 1.54) is 0 Å². The lowest BCUT2D eigenvalue weighted by Crippen LogP contribution is -2.34. The molecule has 10 nitrogen and oxygen atoms in total. The van der Waals surface area contributed by atoms with Crippen molar-refractivity contribution in [2.75, 3.05) is 56.9 Å². The molecule has 12 heteroatoms. The molecular weight excluding hydrogens is 1130 g/mol. The molecule has 0 fully saturated rings. The smallest absolute Gasteiger partial charge is 0.171 e. The third-order valence-corrected chi connectivity index (χ3v) is 23.0. The second kappa shape index (κ2) is 24.4. The highest BCUT2D eigenvalue weighted by Crippen LogP contribution is 2.58. The molecule has 0 amide bonds. The van der Waals surface area contributed by atoms with Crippen molar-refractivity contribution in [1.82, 2.24) is 0 Å². The van der Waals surface area contributed by atoms with Gasteiger partial charge in [-0.05, 0) is 104 Å². The van der Waals surface area contributed by atoms with Crippen LogP contribution >= 0.6 is 14.3 Å². The van der Waals surface area contributed by atoms with Crippen LogP contribution in [-0.2, 0) is 52.5 Å². The summed E-state index contributed by atoms with van der Waals surface area (Å²) >= 11 is 0. The van der Waals surface area contributed by atoms with Crippen LogP contribution in [0.5, 0.6) is 46.0 Å². The van der Waals surface area contributed by atoms with E-state index in [0.29, 0.717) is 66.0 Å². The van der Waals surface area contributed by atoms with Crippen LogP contribution in [0.4, 0.5) is 0 Å². The molecule has 482 valence electrons. The predicted octanol–water partition coefficient (Wildman–Crippen LogP) is 17.1. The van der Waals surface area contributed by atoms with Gasteiger partial charge in [0.1, 0.15) is 46.0 Å². The average Bonchev–Trinajstić information content (AvgIpc) is 0.734. The van der Waals surface area contributed by atoms with Gasteiger partial charge < -0.3 is 47.0 Å². The van der Waals surface area contributed by atoms with Crippen molar-refractivity contribution in [1.29, 1.82) is 0 Å². The third-order valence-electron chi connectivity index (χ3n) is 17.0. The summed E-state index contributed by atoms with van der Waals surface area (Å²) in [5, 5.41) is 2.97. The van der Waals surface area contributed by atoms with Crippen LogP contribution < -0.4 is 69.7 Å². The second-order valence-electron chi connectivity index (χ2n) is 32.0. The van der Waals surface area contributed by atoms with Gasteiger partial charge in [-0.15, -0.1) is 0 Å². The van der Waals surface area contributed by atoms with Crippen molar-refractivity contribution in [2.45, 2.75) is 209 Å². The third kappa shape index (κ3) is 13.3. The largest absolute Gasteiger partial charge is 0.497 e. The lowest BCUT2D eigenvalue weighted by atomic mass is 9.79. The molecule has 0 aromatic heterocycles. The van der Waals surface area contributed by atoms with E-state index in [1.807, 2.05) is 24.3 Å². The highest BCUT2D eigenvalue weighted by molar-refractivity contribution is 7.86. The fourth-order valence-corrected chi connectivity index (χ4v) is 18.0. The van der Waals surface area contributed by atoms with Crippen LogP contribution in [0.3, 0.4) is 0 Å². The van der Waals surface area contributed by atoms with E-state index in [0.717, 1.165) is 67.5 Å². The average molecular weight is 1240 g/mol. The molecule has 0 spiro atoms. The molecular formula is C76H108O10P2. The lowest BCUT2D eigenvalue weighted by Gasteiger charge is -2.35. The van der Waals surface area contributed by atoms with Gasteiger partial charge >= 0.3 is 0 Å². The number of rotatable bonds is 15. The maximum Gasteiger partial charge on any atom is 0.171 e. The van der Waals surface area contributed by atoms with Crippen LogP contribution in [0, 0.1) is 0 Å². The van der Waals surface area contributed by atoms with E-state index in [4.69, 9.17) is 37.9 Å². The number of hydrogen-bond donors (Lipinski definition) is 0. The van der Waals surface area contributed by atoms with Gasteiger partial charge in [0.25, 0.3) is 0 Å². The van der Waals surface area contributed by atoms with E-state index >= 15 is 9.13 Å². The summed E-state index contributed by atoms with van der Waals surface area (Å²) in [4.78, 5) is 0. The van der Waals surface area contributed by atoms with Gasteiger partial charge in [0.05, 0.1) is 56.9 Å². The Kier molecular flexibility index (Phi) is 19.8. The van der Waals surface area contributed by atoms with Crippen LogP contribution in [0.25, 0.3) is 11.1 Å². The predicted molar refractivity (Wildman–Crippen MR) is 373 cm³/mol. The first-order valence-corrected chi connectivity index (χ1v) is 34.2. The minimum absolute atomic E-state index is 0.313. The van der Waals surface area contributed by atoms with Crippen molar-refractivity contribution in [2.24, 2.45) is 0 Å². The Bertz CT molecular complexity index is 3140. The Hall–Kier alpha value is -5.82. The molecule has 0 aliphatic rings. The van der Waals surface area contributed by atoms with Crippen molar-refractivity contribution in [3.8, 4) is 57.1 Å². The van der Waals surface area contributed by atoms with Gasteiger partial charge in [0.2, 0.25) is 0 Å². The van der Waals surface area contributed by atoms with Crippen molar-refractivity contribution >= 4 is 46.1 Å². The van der Waals surface area contributed by atoms with Gasteiger partial charge in [0.15, 0.2) is 14.3 Å². The van der Waals surface area contributed by atoms with Crippen molar-refractivity contribution in [3.05, 3.63) is 117 Å². The Morgan fingerprint density at radius 1 is 0.239 bits per heavy atom. The number of benzene rings is 6. The van der Waals surface area contributed by atoms with E-state index in [1.54, 1.807) is 56.9 Å². The normalized spacial score (nSPS) is 13.3.